The summed E-state index contributed by atoms with van der Waals surface area (Å²) >= 11 is 3.53. The van der Waals surface area contributed by atoms with E-state index in [4.69, 9.17) is 0 Å². The number of aromatic amines is 1. The third kappa shape index (κ3) is 3.05. The Kier molecular flexibility index (Phi) is 4.15. The van der Waals surface area contributed by atoms with Gasteiger partial charge in [-0.1, -0.05) is 28.1 Å². The third-order valence-electron chi connectivity index (χ3n) is 3.81. The standard InChI is InChI=1S/C17H13BrF2N6/c1-9-8-13(25-24-9)21-17-23-16(22-14-7-6-12(20)26(14)17)15(18)10-2-4-11(19)5-3-10/h2-8,15H,1H3,(H2,21,22,23,24,25). The molecule has 1 atom stereocenters. The number of rotatable bonds is 4. The number of nitrogens with zero attached hydrogens (tertiary/aromatic N) is 4. The summed E-state index contributed by atoms with van der Waals surface area (Å²) in [6, 6.07) is 10.7. The summed E-state index contributed by atoms with van der Waals surface area (Å²) < 4.78 is 28.6. The van der Waals surface area contributed by atoms with E-state index < -0.39 is 5.95 Å². The normalized spacial score (nSPS) is 12.5. The van der Waals surface area contributed by atoms with Crippen molar-refractivity contribution in [3.05, 3.63) is 71.3 Å². The molecule has 6 nitrogen and oxygen atoms in total. The van der Waals surface area contributed by atoms with E-state index in [1.165, 1.54) is 22.6 Å². The molecule has 0 aliphatic carbocycles. The van der Waals surface area contributed by atoms with Crippen LogP contribution in [-0.2, 0) is 0 Å². The molecule has 26 heavy (non-hydrogen) atoms. The molecule has 9 heteroatoms. The van der Waals surface area contributed by atoms with Gasteiger partial charge in [-0.3, -0.25) is 5.10 Å². The lowest BCUT2D eigenvalue weighted by Gasteiger charge is -2.13. The lowest BCUT2D eigenvalue weighted by Crippen LogP contribution is -2.10. The Hall–Kier alpha value is -2.81. The molecule has 3 heterocycles. The summed E-state index contributed by atoms with van der Waals surface area (Å²) in [5, 5.41) is 9.90. The second kappa shape index (κ2) is 6.49. The molecule has 0 bridgehead atoms. The summed E-state index contributed by atoms with van der Waals surface area (Å²) in [5.74, 6) is 0.348. The largest absolute Gasteiger partial charge is 0.308 e. The second-order valence-corrected chi connectivity index (χ2v) is 6.65. The molecule has 2 N–H and O–H groups in total. The molecular weight excluding hydrogens is 406 g/mol. The van der Waals surface area contributed by atoms with Gasteiger partial charge >= 0.3 is 0 Å². The van der Waals surface area contributed by atoms with E-state index >= 15 is 0 Å². The Balaban J connectivity index is 1.79. The molecule has 1 unspecified atom stereocenters. The van der Waals surface area contributed by atoms with Crippen LogP contribution in [0.4, 0.5) is 20.5 Å². The molecule has 0 saturated heterocycles. The maximum atomic E-state index is 14.2. The fourth-order valence-corrected chi connectivity index (χ4v) is 3.08. The van der Waals surface area contributed by atoms with Crippen LogP contribution in [0.2, 0.25) is 0 Å². The Labute approximate surface area is 155 Å². The third-order valence-corrected chi connectivity index (χ3v) is 4.75. The number of alkyl halides is 1. The predicted octanol–water partition coefficient (Wildman–Crippen LogP) is 4.27. The summed E-state index contributed by atoms with van der Waals surface area (Å²) in [5.41, 5.74) is 2.04. The highest BCUT2D eigenvalue weighted by Gasteiger charge is 2.19. The van der Waals surface area contributed by atoms with E-state index in [2.05, 4.69) is 41.4 Å². The smallest absolute Gasteiger partial charge is 0.218 e. The van der Waals surface area contributed by atoms with Crippen LogP contribution in [0.5, 0.6) is 0 Å². The van der Waals surface area contributed by atoms with Gasteiger partial charge in [-0.05, 0) is 36.8 Å². The van der Waals surface area contributed by atoms with Gasteiger partial charge in [0, 0.05) is 11.8 Å². The van der Waals surface area contributed by atoms with E-state index in [9.17, 15) is 8.78 Å². The molecule has 0 aliphatic rings. The van der Waals surface area contributed by atoms with Gasteiger partial charge in [-0.2, -0.15) is 14.5 Å². The number of fused-ring (bicyclic) bond motifs is 1. The number of halogens is 3. The second-order valence-electron chi connectivity index (χ2n) is 5.73. The minimum Gasteiger partial charge on any atom is -0.308 e. The van der Waals surface area contributed by atoms with Gasteiger partial charge in [0.2, 0.25) is 11.9 Å². The number of H-pyrrole nitrogens is 1. The number of aryl methyl sites for hydroxylation is 1. The molecule has 0 saturated carbocycles. The molecule has 4 rings (SSSR count). The summed E-state index contributed by atoms with van der Waals surface area (Å²) in [6.45, 7) is 1.86. The Morgan fingerprint density at radius 1 is 1.12 bits per heavy atom. The minimum absolute atomic E-state index is 0.241. The van der Waals surface area contributed by atoms with Crippen molar-refractivity contribution in [2.24, 2.45) is 0 Å². The highest BCUT2D eigenvalue weighted by Crippen LogP contribution is 2.30. The number of hydrogen-bond acceptors (Lipinski definition) is 4. The molecule has 0 radical (unpaired) electrons. The van der Waals surface area contributed by atoms with E-state index in [1.807, 2.05) is 6.92 Å². The van der Waals surface area contributed by atoms with Crippen LogP contribution in [0, 0.1) is 18.7 Å². The topological polar surface area (TPSA) is 70.9 Å². The van der Waals surface area contributed by atoms with Crippen molar-refractivity contribution in [1.82, 2.24) is 24.6 Å². The van der Waals surface area contributed by atoms with Gasteiger partial charge in [0.25, 0.3) is 0 Å². The van der Waals surface area contributed by atoms with Crippen LogP contribution in [-0.4, -0.2) is 24.6 Å². The first-order chi connectivity index (χ1) is 12.5. The van der Waals surface area contributed by atoms with E-state index in [0.717, 1.165) is 11.3 Å². The zero-order valence-corrected chi connectivity index (χ0v) is 15.1. The van der Waals surface area contributed by atoms with Gasteiger partial charge < -0.3 is 5.32 Å². The lowest BCUT2D eigenvalue weighted by molar-refractivity contribution is 0.571. The average molecular weight is 419 g/mol. The van der Waals surface area contributed by atoms with Crippen molar-refractivity contribution in [2.45, 2.75) is 11.8 Å². The maximum absolute atomic E-state index is 14.2. The van der Waals surface area contributed by atoms with Crippen LogP contribution < -0.4 is 5.32 Å². The van der Waals surface area contributed by atoms with Gasteiger partial charge in [0.1, 0.15) is 11.5 Å². The van der Waals surface area contributed by atoms with Crippen molar-refractivity contribution in [3.8, 4) is 0 Å². The first-order valence-corrected chi connectivity index (χ1v) is 8.66. The van der Waals surface area contributed by atoms with E-state index in [1.54, 1.807) is 24.3 Å². The first-order valence-electron chi connectivity index (χ1n) is 7.75. The summed E-state index contributed by atoms with van der Waals surface area (Å²) in [6.07, 6.45) is 0. The number of hydrogen-bond donors (Lipinski definition) is 2. The summed E-state index contributed by atoms with van der Waals surface area (Å²) in [4.78, 5) is 8.47. The van der Waals surface area contributed by atoms with Gasteiger partial charge in [-0.15, -0.1) is 0 Å². The molecule has 0 amide bonds. The predicted molar refractivity (Wildman–Crippen MR) is 96.7 cm³/mol. The summed E-state index contributed by atoms with van der Waals surface area (Å²) in [7, 11) is 0. The van der Waals surface area contributed by atoms with Crippen LogP contribution >= 0.6 is 15.9 Å². The van der Waals surface area contributed by atoms with E-state index in [-0.39, 0.29) is 16.6 Å². The zero-order chi connectivity index (χ0) is 18.3. The highest BCUT2D eigenvalue weighted by atomic mass is 79.9. The highest BCUT2D eigenvalue weighted by molar-refractivity contribution is 9.09. The molecule has 0 spiro atoms. The fourth-order valence-electron chi connectivity index (χ4n) is 2.57. The quantitative estimate of drug-likeness (QED) is 0.485. The molecule has 4 aromatic rings. The minimum atomic E-state index is -0.491. The van der Waals surface area contributed by atoms with Gasteiger partial charge in [0.05, 0.1) is 4.83 Å². The lowest BCUT2D eigenvalue weighted by atomic mass is 10.1. The van der Waals surface area contributed by atoms with Crippen molar-refractivity contribution in [3.63, 3.8) is 0 Å². The maximum Gasteiger partial charge on any atom is 0.218 e. The molecule has 3 aromatic heterocycles. The van der Waals surface area contributed by atoms with Crippen molar-refractivity contribution in [1.29, 1.82) is 0 Å². The SMILES string of the molecule is Cc1cc(Nc2nc(C(Br)c3ccc(F)cc3)nc3ccc(F)n23)n[nH]1. The van der Waals surface area contributed by atoms with Crippen LogP contribution in [0.15, 0.2) is 42.5 Å². The number of anilines is 2. The van der Waals surface area contributed by atoms with Crippen molar-refractivity contribution < 1.29 is 8.78 Å². The van der Waals surface area contributed by atoms with Crippen molar-refractivity contribution in [2.75, 3.05) is 5.32 Å². The van der Waals surface area contributed by atoms with Crippen molar-refractivity contribution >= 4 is 33.3 Å². The average Bonchev–Trinajstić information content (AvgIpc) is 3.21. The Morgan fingerprint density at radius 2 is 1.88 bits per heavy atom. The number of aromatic nitrogens is 5. The fraction of sp³-hybridized carbons (Fsp3) is 0.118. The Bertz CT molecular complexity index is 1070. The van der Waals surface area contributed by atoms with Gasteiger partial charge in [0.15, 0.2) is 11.6 Å². The number of nitrogens with one attached hydrogen (secondary N) is 2. The van der Waals surface area contributed by atoms with Crippen LogP contribution in [0.1, 0.15) is 21.9 Å². The molecule has 1 aromatic carbocycles. The first kappa shape index (κ1) is 16.6. The molecule has 0 aliphatic heterocycles. The van der Waals surface area contributed by atoms with Crippen LogP contribution in [0.3, 0.4) is 0 Å². The Morgan fingerprint density at radius 3 is 2.58 bits per heavy atom. The number of benzene rings is 1. The van der Waals surface area contributed by atoms with Gasteiger partial charge in [-0.25, -0.2) is 13.8 Å². The van der Waals surface area contributed by atoms with Crippen LogP contribution in [0.25, 0.3) is 5.65 Å². The monoisotopic (exact) mass is 418 g/mol. The molecule has 0 fully saturated rings. The van der Waals surface area contributed by atoms with E-state index in [0.29, 0.717) is 17.3 Å². The molecular formula is C17H13BrF2N6. The zero-order valence-electron chi connectivity index (χ0n) is 13.5. The molecule has 132 valence electrons.